The third kappa shape index (κ3) is 3.80. The largest absolute Gasteiger partial charge is 0.491 e. The standard InChI is InChI=1S/C25H25N3O7/c1-15(22(29)30)5-4-8-26-24(32)27-9-10-28-18-7-3-2-6-16(18)25(23(28)31)13-33-19-12-21-20(11-17(19)25)34-14-35-21/h2-3,5-7,11-12H,4,8-10,13-14H2,1H3,(H,29,30)(H2,26,27,32). The number of hydrogen-bond donors (Lipinski definition) is 3. The number of nitrogens with zero attached hydrogens (tertiary/aromatic N) is 1. The molecule has 3 amide bonds. The molecule has 1 atom stereocenters. The first kappa shape index (κ1) is 22.6. The Labute approximate surface area is 201 Å². The van der Waals surface area contributed by atoms with E-state index in [-0.39, 0.29) is 44.0 Å². The first-order valence-corrected chi connectivity index (χ1v) is 11.3. The third-order valence-electron chi connectivity index (χ3n) is 6.48. The highest BCUT2D eigenvalue weighted by molar-refractivity contribution is 6.11. The van der Waals surface area contributed by atoms with Crippen LogP contribution in [0, 0.1) is 0 Å². The number of carbonyl (C=O) groups is 3. The number of urea groups is 1. The van der Waals surface area contributed by atoms with Crippen LogP contribution in [0.4, 0.5) is 10.5 Å². The highest BCUT2D eigenvalue weighted by atomic mass is 16.7. The van der Waals surface area contributed by atoms with E-state index in [1.807, 2.05) is 30.3 Å². The molecular formula is C25H25N3O7. The van der Waals surface area contributed by atoms with Gasteiger partial charge in [0.05, 0.1) is 0 Å². The molecule has 0 saturated heterocycles. The zero-order valence-corrected chi connectivity index (χ0v) is 19.1. The van der Waals surface area contributed by atoms with Gasteiger partial charge in [-0.1, -0.05) is 24.3 Å². The zero-order chi connectivity index (χ0) is 24.6. The highest BCUT2D eigenvalue weighted by Crippen LogP contribution is 2.54. The van der Waals surface area contributed by atoms with Gasteiger partial charge in [-0.25, -0.2) is 9.59 Å². The summed E-state index contributed by atoms with van der Waals surface area (Å²) in [7, 11) is 0. The molecule has 5 rings (SSSR count). The molecule has 10 heteroatoms. The predicted molar refractivity (Wildman–Crippen MR) is 125 cm³/mol. The van der Waals surface area contributed by atoms with Gasteiger partial charge in [-0.2, -0.15) is 0 Å². The molecule has 3 N–H and O–H groups in total. The SMILES string of the molecule is CC(=CCCNC(=O)NCCN1C(=O)C2(COc3cc4c(cc32)OCO4)c2ccccc21)C(=O)O. The average Bonchev–Trinajstić information content (AvgIpc) is 3.52. The van der Waals surface area contributed by atoms with E-state index in [1.54, 1.807) is 17.0 Å². The van der Waals surface area contributed by atoms with Crippen molar-refractivity contribution in [1.29, 1.82) is 0 Å². The van der Waals surface area contributed by atoms with Crippen LogP contribution in [-0.4, -0.2) is 56.0 Å². The van der Waals surface area contributed by atoms with E-state index in [2.05, 4.69) is 10.6 Å². The van der Waals surface area contributed by atoms with Crippen LogP contribution in [0.1, 0.15) is 24.5 Å². The number of rotatable bonds is 7. The number of hydrogen-bond acceptors (Lipinski definition) is 6. The molecule has 0 fully saturated rings. The van der Waals surface area contributed by atoms with E-state index in [1.165, 1.54) is 6.92 Å². The summed E-state index contributed by atoms with van der Waals surface area (Å²) >= 11 is 0. The zero-order valence-electron chi connectivity index (χ0n) is 19.1. The molecular weight excluding hydrogens is 454 g/mol. The van der Waals surface area contributed by atoms with E-state index in [9.17, 15) is 14.4 Å². The van der Waals surface area contributed by atoms with Crippen molar-refractivity contribution in [3.63, 3.8) is 0 Å². The topological polar surface area (TPSA) is 126 Å². The number of fused-ring (bicyclic) bond motifs is 5. The van der Waals surface area contributed by atoms with Gasteiger partial charge in [0.1, 0.15) is 17.8 Å². The molecule has 0 aromatic heterocycles. The number of amides is 3. The van der Waals surface area contributed by atoms with Crippen LogP contribution >= 0.6 is 0 Å². The maximum Gasteiger partial charge on any atom is 0.330 e. The van der Waals surface area contributed by atoms with Crippen molar-refractivity contribution in [2.75, 3.05) is 37.9 Å². The number of ether oxygens (including phenoxy) is 3. The fraction of sp³-hybridized carbons (Fsp3) is 0.320. The van der Waals surface area contributed by atoms with Gasteiger partial charge in [0.25, 0.3) is 0 Å². The minimum Gasteiger partial charge on any atom is -0.491 e. The second-order valence-electron chi connectivity index (χ2n) is 8.53. The molecule has 0 radical (unpaired) electrons. The fourth-order valence-electron chi connectivity index (χ4n) is 4.69. The molecule has 35 heavy (non-hydrogen) atoms. The molecule has 2 aromatic carbocycles. The van der Waals surface area contributed by atoms with Gasteiger partial charge in [0, 0.05) is 42.5 Å². The highest BCUT2D eigenvalue weighted by Gasteiger charge is 2.57. The minimum absolute atomic E-state index is 0.118. The number of nitrogens with one attached hydrogen (secondary N) is 2. The summed E-state index contributed by atoms with van der Waals surface area (Å²) in [4.78, 5) is 38.5. The van der Waals surface area contributed by atoms with Crippen LogP contribution in [0.5, 0.6) is 17.2 Å². The Morgan fingerprint density at radius 2 is 1.80 bits per heavy atom. The Kier molecular flexibility index (Phi) is 5.72. The van der Waals surface area contributed by atoms with E-state index >= 15 is 0 Å². The van der Waals surface area contributed by atoms with Gasteiger partial charge < -0.3 is 34.9 Å². The number of carboxylic acids is 1. The predicted octanol–water partition coefficient (Wildman–Crippen LogP) is 2.16. The minimum atomic E-state index is -0.983. The second-order valence-corrected chi connectivity index (χ2v) is 8.53. The van der Waals surface area contributed by atoms with Gasteiger partial charge >= 0.3 is 12.0 Å². The Morgan fingerprint density at radius 1 is 1.06 bits per heavy atom. The molecule has 10 nitrogen and oxygen atoms in total. The lowest BCUT2D eigenvalue weighted by atomic mass is 9.77. The number of carboxylic acid groups (broad SMARTS) is 1. The maximum atomic E-state index is 13.8. The summed E-state index contributed by atoms with van der Waals surface area (Å²) in [6, 6.07) is 10.8. The van der Waals surface area contributed by atoms with Crippen molar-refractivity contribution in [1.82, 2.24) is 10.6 Å². The van der Waals surface area contributed by atoms with Crippen molar-refractivity contribution in [2.45, 2.75) is 18.8 Å². The van der Waals surface area contributed by atoms with Crippen LogP contribution in [0.2, 0.25) is 0 Å². The average molecular weight is 479 g/mol. The normalized spacial score (nSPS) is 19.4. The van der Waals surface area contributed by atoms with Crippen molar-refractivity contribution in [3.8, 4) is 17.2 Å². The number of carbonyl (C=O) groups excluding carboxylic acids is 2. The second kappa shape index (κ2) is 8.86. The number of anilines is 1. The summed E-state index contributed by atoms with van der Waals surface area (Å²) in [5.74, 6) is 0.685. The smallest absolute Gasteiger partial charge is 0.330 e. The number of para-hydroxylation sites is 1. The van der Waals surface area contributed by atoms with E-state index in [0.29, 0.717) is 30.2 Å². The molecule has 0 bridgehead atoms. The molecule has 3 heterocycles. The Hall–Kier alpha value is -4.21. The van der Waals surface area contributed by atoms with Crippen molar-refractivity contribution in [2.24, 2.45) is 0 Å². The van der Waals surface area contributed by atoms with Crippen LogP contribution in [0.15, 0.2) is 48.0 Å². The molecule has 0 aliphatic carbocycles. The Balaban J connectivity index is 1.27. The van der Waals surface area contributed by atoms with E-state index in [4.69, 9.17) is 19.3 Å². The summed E-state index contributed by atoms with van der Waals surface area (Å²) in [6.07, 6.45) is 1.96. The van der Waals surface area contributed by atoms with Crippen molar-refractivity contribution < 1.29 is 33.7 Å². The Bertz CT molecular complexity index is 1240. The molecule has 0 saturated carbocycles. The quantitative estimate of drug-likeness (QED) is 0.410. The third-order valence-corrected chi connectivity index (χ3v) is 6.48. The van der Waals surface area contributed by atoms with Crippen LogP contribution < -0.4 is 29.7 Å². The van der Waals surface area contributed by atoms with Gasteiger partial charge in [0.2, 0.25) is 12.7 Å². The lowest BCUT2D eigenvalue weighted by Crippen LogP contribution is -2.46. The van der Waals surface area contributed by atoms with E-state index < -0.39 is 11.4 Å². The first-order chi connectivity index (χ1) is 16.9. The van der Waals surface area contributed by atoms with Crippen molar-refractivity contribution in [3.05, 3.63) is 59.2 Å². The van der Waals surface area contributed by atoms with Gasteiger partial charge in [-0.15, -0.1) is 0 Å². The summed E-state index contributed by atoms with van der Waals surface area (Å²) in [5.41, 5.74) is 1.63. The molecule has 1 unspecified atom stereocenters. The lowest BCUT2D eigenvalue weighted by molar-refractivity contribution is -0.132. The summed E-state index contributed by atoms with van der Waals surface area (Å²) < 4.78 is 17.0. The maximum absolute atomic E-state index is 13.8. The van der Waals surface area contributed by atoms with Gasteiger partial charge in [0.15, 0.2) is 11.5 Å². The molecule has 2 aromatic rings. The monoisotopic (exact) mass is 479 g/mol. The summed E-state index contributed by atoms with van der Waals surface area (Å²) in [6.45, 7) is 2.63. The first-order valence-electron chi connectivity index (χ1n) is 11.3. The van der Waals surface area contributed by atoms with Crippen LogP contribution in [0.3, 0.4) is 0 Å². The van der Waals surface area contributed by atoms with Crippen LogP contribution in [0.25, 0.3) is 0 Å². The molecule has 1 spiro atoms. The molecule has 3 aliphatic rings. The lowest BCUT2D eigenvalue weighted by Gasteiger charge is -2.23. The fourth-order valence-corrected chi connectivity index (χ4v) is 4.69. The van der Waals surface area contributed by atoms with Crippen molar-refractivity contribution >= 4 is 23.6 Å². The van der Waals surface area contributed by atoms with Gasteiger partial charge in [-0.3, -0.25) is 4.79 Å². The molecule has 3 aliphatic heterocycles. The number of aliphatic carboxylic acids is 1. The summed E-state index contributed by atoms with van der Waals surface area (Å²) in [5, 5.41) is 14.3. The van der Waals surface area contributed by atoms with Gasteiger partial charge in [-0.05, 0) is 31.0 Å². The van der Waals surface area contributed by atoms with Crippen LogP contribution in [-0.2, 0) is 15.0 Å². The Morgan fingerprint density at radius 3 is 2.60 bits per heavy atom. The molecule has 182 valence electrons. The number of benzene rings is 2. The van der Waals surface area contributed by atoms with E-state index in [0.717, 1.165) is 16.8 Å².